The van der Waals surface area contributed by atoms with Gasteiger partial charge in [0.15, 0.2) is 0 Å². The fourth-order valence-electron chi connectivity index (χ4n) is 3.40. The van der Waals surface area contributed by atoms with E-state index in [1.807, 2.05) is 49.5 Å². The van der Waals surface area contributed by atoms with Gasteiger partial charge in [0.1, 0.15) is 11.4 Å². The number of ether oxygens (including phenoxy) is 2. The maximum absolute atomic E-state index is 12.2. The third-order valence-electron chi connectivity index (χ3n) is 4.68. The van der Waals surface area contributed by atoms with Crippen LogP contribution in [0.2, 0.25) is 5.02 Å². The number of hydrogen-bond acceptors (Lipinski definition) is 4. The Balaban J connectivity index is 2.15. The van der Waals surface area contributed by atoms with Gasteiger partial charge in [0.25, 0.3) is 0 Å². The molecule has 0 amide bonds. The van der Waals surface area contributed by atoms with E-state index >= 15 is 0 Å². The van der Waals surface area contributed by atoms with Crippen molar-refractivity contribution in [2.24, 2.45) is 7.05 Å². The van der Waals surface area contributed by atoms with Gasteiger partial charge in [0.2, 0.25) is 0 Å². The van der Waals surface area contributed by atoms with Gasteiger partial charge in [0.05, 0.1) is 25.4 Å². The van der Waals surface area contributed by atoms with E-state index in [-0.39, 0.29) is 5.69 Å². The predicted molar refractivity (Wildman–Crippen MR) is 107 cm³/mol. The molecule has 5 nitrogen and oxygen atoms in total. The average Bonchev–Trinajstić information content (AvgIpc) is 2.98. The molecule has 0 aliphatic carbocycles. The summed E-state index contributed by atoms with van der Waals surface area (Å²) in [5.74, 6) is 0.229. The molecule has 0 spiro atoms. The zero-order chi connectivity index (χ0) is 19.1. The van der Waals surface area contributed by atoms with Crippen molar-refractivity contribution in [2.75, 3.05) is 14.2 Å². The van der Waals surface area contributed by atoms with Gasteiger partial charge in [-0.1, -0.05) is 23.7 Å². The molecular formula is C21H17ClN2O3. The molecule has 27 heavy (non-hydrogen) atoms. The Morgan fingerprint density at radius 3 is 2.63 bits per heavy atom. The van der Waals surface area contributed by atoms with Crippen LogP contribution < -0.4 is 4.74 Å². The molecule has 2 heterocycles. The lowest BCUT2D eigenvalue weighted by molar-refractivity contribution is 0.0594. The number of carbonyl (C=O) groups excluding carboxylic acids is 1. The molecule has 0 radical (unpaired) electrons. The summed E-state index contributed by atoms with van der Waals surface area (Å²) in [4.78, 5) is 16.8. The smallest absolute Gasteiger partial charge is 0.356 e. The molecule has 0 saturated carbocycles. The van der Waals surface area contributed by atoms with E-state index < -0.39 is 5.97 Å². The van der Waals surface area contributed by atoms with Crippen LogP contribution in [0.3, 0.4) is 0 Å². The molecule has 136 valence electrons. The number of benzene rings is 2. The van der Waals surface area contributed by atoms with Crippen molar-refractivity contribution in [3.05, 3.63) is 59.2 Å². The van der Waals surface area contributed by atoms with Crippen LogP contribution in [-0.2, 0) is 11.8 Å². The summed E-state index contributed by atoms with van der Waals surface area (Å²) in [7, 11) is 4.94. The van der Waals surface area contributed by atoms with Crippen LogP contribution in [0.1, 0.15) is 10.5 Å². The summed E-state index contributed by atoms with van der Waals surface area (Å²) in [5, 5.41) is 2.48. The number of hydrogen-bond donors (Lipinski definition) is 0. The lowest BCUT2D eigenvalue weighted by atomic mass is 10.1. The zero-order valence-electron chi connectivity index (χ0n) is 15.1. The summed E-state index contributed by atoms with van der Waals surface area (Å²) in [6.07, 6.45) is 0. The van der Waals surface area contributed by atoms with Crippen LogP contribution in [0, 0.1) is 0 Å². The number of rotatable bonds is 3. The second-order valence-corrected chi connectivity index (χ2v) is 6.63. The number of aryl methyl sites for hydroxylation is 1. The van der Waals surface area contributed by atoms with Gasteiger partial charge in [0, 0.05) is 33.9 Å². The first-order valence-corrected chi connectivity index (χ1v) is 8.72. The first kappa shape index (κ1) is 17.4. The quantitative estimate of drug-likeness (QED) is 0.477. The Hall–Kier alpha value is -3.05. The predicted octanol–water partition coefficient (Wildman–Crippen LogP) is 4.84. The molecule has 0 bridgehead atoms. The summed E-state index contributed by atoms with van der Waals surface area (Å²) in [6.45, 7) is 0. The zero-order valence-corrected chi connectivity index (χ0v) is 15.9. The number of methoxy groups -OCH3 is 2. The Kier molecular flexibility index (Phi) is 4.24. The number of fused-ring (bicyclic) bond motifs is 3. The van der Waals surface area contributed by atoms with E-state index in [2.05, 4.69) is 9.55 Å². The van der Waals surface area contributed by atoms with Gasteiger partial charge >= 0.3 is 5.97 Å². The lowest BCUT2D eigenvalue weighted by Crippen LogP contribution is -2.06. The van der Waals surface area contributed by atoms with Crippen LogP contribution in [0.15, 0.2) is 48.5 Å². The highest BCUT2D eigenvalue weighted by atomic mass is 35.5. The van der Waals surface area contributed by atoms with Crippen LogP contribution in [0.5, 0.6) is 5.75 Å². The average molecular weight is 381 g/mol. The Morgan fingerprint density at radius 1 is 1.07 bits per heavy atom. The fraction of sp³-hybridized carbons (Fsp3) is 0.143. The lowest BCUT2D eigenvalue weighted by Gasteiger charge is -2.10. The molecule has 0 N–H and O–H groups in total. The first-order chi connectivity index (χ1) is 13.0. The van der Waals surface area contributed by atoms with Gasteiger partial charge in [-0.25, -0.2) is 9.78 Å². The number of esters is 1. The monoisotopic (exact) mass is 380 g/mol. The van der Waals surface area contributed by atoms with Crippen LogP contribution in [0.4, 0.5) is 0 Å². The molecule has 0 unspecified atom stereocenters. The van der Waals surface area contributed by atoms with Crippen molar-refractivity contribution in [1.29, 1.82) is 0 Å². The summed E-state index contributed by atoms with van der Waals surface area (Å²) in [5.41, 5.74) is 3.69. The van der Waals surface area contributed by atoms with Crippen molar-refractivity contribution < 1.29 is 14.3 Å². The van der Waals surface area contributed by atoms with E-state index in [1.54, 1.807) is 13.2 Å². The second-order valence-electron chi connectivity index (χ2n) is 6.20. The molecule has 0 saturated heterocycles. The highest BCUT2D eigenvalue weighted by molar-refractivity contribution is 6.32. The Morgan fingerprint density at radius 2 is 1.89 bits per heavy atom. The molecule has 0 aliphatic rings. The van der Waals surface area contributed by atoms with Crippen LogP contribution in [0.25, 0.3) is 33.1 Å². The van der Waals surface area contributed by atoms with Gasteiger partial charge < -0.3 is 14.0 Å². The maximum Gasteiger partial charge on any atom is 0.356 e. The molecule has 0 atom stereocenters. The van der Waals surface area contributed by atoms with Crippen molar-refractivity contribution in [2.45, 2.75) is 0 Å². The minimum Gasteiger partial charge on any atom is -0.497 e. The SMILES string of the molecule is COC(=O)c1cc2c3cc(Cl)ccc3n(C)c2c(-c2cccc(OC)c2)n1. The topological polar surface area (TPSA) is 53.4 Å². The normalized spacial score (nSPS) is 11.1. The highest BCUT2D eigenvalue weighted by Gasteiger charge is 2.19. The largest absolute Gasteiger partial charge is 0.497 e. The number of nitrogens with zero attached hydrogens (tertiary/aromatic N) is 2. The number of aromatic nitrogens is 2. The van der Waals surface area contributed by atoms with E-state index in [0.29, 0.717) is 16.5 Å². The molecule has 2 aromatic carbocycles. The summed E-state index contributed by atoms with van der Waals surface area (Å²) >= 11 is 6.22. The third-order valence-corrected chi connectivity index (χ3v) is 4.91. The molecule has 4 aromatic rings. The van der Waals surface area contributed by atoms with Gasteiger partial charge in [-0.2, -0.15) is 0 Å². The van der Waals surface area contributed by atoms with Crippen molar-refractivity contribution in [3.8, 4) is 17.0 Å². The molecule has 2 aromatic heterocycles. The van der Waals surface area contributed by atoms with Gasteiger partial charge in [-0.15, -0.1) is 0 Å². The standard InChI is InChI=1S/C21H17ClN2O3/c1-24-18-8-7-13(22)10-15(18)16-11-17(21(25)27-3)23-19(20(16)24)12-5-4-6-14(9-12)26-2/h4-11H,1-3H3. The van der Waals surface area contributed by atoms with Crippen LogP contribution in [-0.4, -0.2) is 29.7 Å². The van der Waals surface area contributed by atoms with Crippen molar-refractivity contribution >= 4 is 39.4 Å². The van der Waals surface area contributed by atoms with Crippen molar-refractivity contribution in [1.82, 2.24) is 9.55 Å². The van der Waals surface area contributed by atoms with E-state index in [1.165, 1.54) is 7.11 Å². The number of carbonyl (C=O) groups is 1. The van der Waals surface area contributed by atoms with E-state index in [4.69, 9.17) is 21.1 Å². The van der Waals surface area contributed by atoms with Crippen molar-refractivity contribution in [3.63, 3.8) is 0 Å². The summed E-state index contributed by atoms with van der Waals surface area (Å²) in [6, 6.07) is 15.1. The fourth-order valence-corrected chi connectivity index (χ4v) is 3.57. The first-order valence-electron chi connectivity index (χ1n) is 8.35. The molecule has 6 heteroatoms. The van der Waals surface area contributed by atoms with Gasteiger partial charge in [-0.3, -0.25) is 0 Å². The minimum absolute atomic E-state index is 0.246. The highest BCUT2D eigenvalue weighted by Crippen LogP contribution is 2.36. The van der Waals surface area contributed by atoms with E-state index in [9.17, 15) is 4.79 Å². The molecule has 0 fully saturated rings. The van der Waals surface area contributed by atoms with E-state index in [0.717, 1.165) is 27.4 Å². The molecule has 4 rings (SSSR count). The maximum atomic E-state index is 12.2. The molecule has 0 aliphatic heterocycles. The second kappa shape index (κ2) is 6.59. The molecular weight excluding hydrogens is 364 g/mol. The van der Waals surface area contributed by atoms with Gasteiger partial charge in [-0.05, 0) is 36.4 Å². The number of pyridine rings is 1. The van der Waals surface area contributed by atoms with Crippen LogP contribution >= 0.6 is 11.6 Å². The Bertz CT molecular complexity index is 1200. The minimum atomic E-state index is -0.486. The third kappa shape index (κ3) is 2.80. The summed E-state index contributed by atoms with van der Waals surface area (Å²) < 4.78 is 12.3. The Labute approximate surface area is 161 Å². The number of halogens is 1.